The Hall–Kier alpha value is -3.92. The number of nitrogens with one attached hydrogen (secondary N) is 3. The van der Waals surface area contributed by atoms with Crippen LogP contribution in [0, 0.1) is 6.92 Å². The zero-order valence-corrected chi connectivity index (χ0v) is 15.9. The van der Waals surface area contributed by atoms with Crippen molar-refractivity contribution in [3.63, 3.8) is 0 Å². The first-order valence-electron chi connectivity index (χ1n) is 8.32. The van der Waals surface area contributed by atoms with Crippen LogP contribution < -0.4 is 16.2 Å². The van der Waals surface area contributed by atoms with Gasteiger partial charge in [-0.05, 0) is 31.3 Å². The highest BCUT2D eigenvalue weighted by Gasteiger charge is 2.22. The third-order valence-corrected chi connectivity index (χ3v) is 4.08. The van der Waals surface area contributed by atoms with Gasteiger partial charge < -0.3 is 14.7 Å². The number of aryl methyl sites for hydroxylation is 1. The van der Waals surface area contributed by atoms with Crippen LogP contribution in [0.2, 0.25) is 0 Å². The first kappa shape index (κ1) is 19.8. The Bertz CT molecular complexity index is 1080. The van der Waals surface area contributed by atoms with E-state index in [0.717, 1.165) is 6.07 Å². The number of rotatable bonds is 3. The summed E-state index contributed by atoms with van der Waals surface area (Å²) in [4.78, 5) is 24.7. The monoisotopic (exact) mass is 412 g/mol. The van der Waals surface area contributed by atoms with Gasteiger partial charge in [0.1, 0.15) is 28.5 Å². The van der Waals surface area contributed by atoms with E-state index in [0.29, 0.717) is 17.0 Å². The molecule has 0 atom stereocenters. The lowest BCUT2D eigenvalue weighted by Crippen LogP contribution is -2.48. The van der Waals surface area contributed by atoms with Crippen molar-refractivity contribution in [2.75, 3.05) is 0 Å². The molecule has 2 amide bonds. The molecule has 2 aromatic carbocycles. The topological polar surface area (TPSA) is 137 Å². The number of phenols is 2. The summed E-state index contributed by atoms with van der Waals surface area (Å²) in [6.07, 6.45) is 0. The van der Waals surface area contributed by atoms with E-state index in [1.807, 2.05) is 18.2 Å². The van der Waals surface area contributed by atoms with Gasteiger partial charge in [0.25, 0.3) is 11.8 Å². The van der Waals surface area contributed by atoms with E-state index >= 15 is 0 Å². The Morgan fingerprint density at radius 2 is 1.76 bits per heavy atom. The normalized spacial score (nSPS) is 10.2. The van der Waals surface area contributed by atoms with Gasteiger partial charge in [-0.1, -0.05) is 35.5 Å². The maximum atomic E-state index is 12.6. The molecule has 0 saturated carbocycles. The lowest BCUT2D eigenvalue weighted by Gasteiger charge is -2.11. The van der Waals surface area contributed by atoms with Crippen molar-refractivity contribution in [3.8, 4) is 22.8 Å². The van der Waals surface area contributed by atoms with Crippen LogP contribution in [0.5, 0.6) is 11.5 Å². The second-order valence-corrected chi connectivity index (χ2v) is 6.30. The second-order valence-electron chi connectivity index (χ2n) is 5.89. The van der Waals surface area contributed by atoms with Gasteiger partial charge in [0.15, 0.2) is 5.11 Å². The molecule has 1 aromatic heterocycles. The molecule has 0 spiro atoms. The molecule has 0 fully saturated rings. The van der Waals surface area contributed by atoms with Gasteiger partial charge >= 0.3 is 0 Å². The number of carbonyl (C=O) groups is 2. The summed E-state index contributed by atoms with van der Waals surface area (Å²) in [5, 5.41) is 25.1. The molecule has 0 unspecified atom stereocenters. The van der Waals surface area contributed by atoms with Gasteiger partial charge in [-0.15, -0.1) is 0 Å². The number of aromatic nitrogens is 1. The van der Waals surface area contributed by atoms with Crippen molar-refractivity contribution in [1.82, 2.24) is 21.3 Å². The zero-order valence-electron chi connectivity index (χ0n) is 15.1. The van der Waals surface area contributed by atoms with E-state index < -0.39 is 17.6 Å². The lowest BCUT2D eigenvalue weighted by atomic mass is 10.1. The van der Waals surface area contributed by atoms with Crippen molar-refractivity contribution >= 4 is 29.1 Å². The number of hydrogen-bond acceptors (Lipinski definition) is 7. The first-order chi connectivity index (χ1) is 13.9. The molecule has 0 saturated heterocycles. The summed E-state index contributed by atoms with van der Waals surface area (Å²) in [6.45, 7) is 1.60. The number of thiocarbonyl (C=S) groups is 1. The predicted octanol–water partition coefficient (Wildman–Crippen LogP) is 2.01. The number of nitrogens with zero attached hydrogens (tertiary/aromatic N) is 1. The summed E-state index contributed by atoms with van der Waals surface area (Å²) in [5.41, 5.74) is 5.79. The summed E-state index contributed by atoms with van der Waals surface area (Å²) >= 11 is 5.02. The van der Waals surface area contributed by atoms with E-state index in [1.165, 1.54) is 12.1 Å². The Labute approximate surface area is 170 Å². The number of carbonyl (C=O) groups excluding carboxylic acids is 2. The van der Waals surface area contributed by atoms with Crippen molar-refractivity contribution < 1.29 is 24.3 Å². The SMILES string of the molecule is Cc1onc(-c2ccccc2)c1C(=O)NC(=S)NNC(=O)c1ccc(O)cc1O. The third-order valence-electron chi connectivity index (χ3n) is 3.88. The quantitative estimate of drug-likeness (QED) is 0.325. The van der Waals surface area contributed by atoms with Gasteiger partial charge in [0.2, 0.25) is 0 Å². The molecule has 0 aliphatic rings. The first-order valence-corrected chi connectivity index (χ1v) is 8.73. The zero-order chi connectivity index (χ0) is 21.0. The summed E-state index contributed by atoms with van der Waals surface area (Å²) in [6, 6.07) is 12.5. The number of phenolic OH excluding ortho intramolecular Hbond substituents is 2. The van der Waals surface area contributed by atoms with Crippen molar-refractivity contribution in [2.24, 2.45) is 0 Å². The van der Waals surface area contributed by atoms with Gasteiger partial charge in [-0.2, -0.15) is 0 Å². The molecular formula is C19H16N4O5S. The van der Waals surface area contributed by atoms with Crippen LogP contribution in [0.15, 0.2) is 53.1 Å². The van der Waals surface area contributed by atoms with Crippen molar-refractivity contribution in [1.29, 1.82) is 0 Å². The predicted molar refractivity (Wildman–Crippen MR) is 107 cm³/mol. The Morgan fingerprint density at radius 3 is 2.45 bits per heavy atom. The van der Waals surface area contributed by atoms with Crippen molar-refractivity contribution in [3.05, 3.63) is 65.4 Å². The standard InChI is InChI=1S/C19H16N4O5S/c1-10-15(16(23-28-10)11-5-3-2-4-6-11)18(27)20-19(29)22-21-17(26)13-8-7-12(24)9-14(13)25/h2-9,24-25H,1H3,(H,21,26)(H2,20,22,27,29). The van der Waals surface area contributed by atoms with Crippen LogP contribution in [0.1, 0.15) is 26.5 Å². The molecule has 29 heavy (non-hydrogen) atoms. The number of aromatic hydroxyl groups is 2. The van der Waals surface area contributed by atoms with Crippen LogP contribution in [0.4, 0.5) is 0 Å². The molecule has 148 valence electrons. The molecule has 3 rings (SSSR count). The third kappa shape index (κ3) is 4.50. The van der Waals surface area contributed by atoms with Gasteiger partial charge in [0, 0.05) is 11.6 Å². The molecule has 9 nitrogen and oxygen atoms in total. The lowest BCUT2D eigenvalue weighted by molar-refractivity contribution is 0.0932. The molecule has 5 N–H and O–H groups in total. The molecule has 0 radical (unpaired) electrons. The average Bonchev–Trinajstić information content (AvgIpc) is 3.08. The van der Waals surface area contributed by atoms with E-state index in [2.05, 4.69) is 21.3 Å². The van der Waals surface area contributed by atoms with Crippen LogP contribution in [-0.4, -0.2) is 32.3 Å². The van der Waals surface area contributed by atoms with Crippen LogP contribution in [-0.2, 0) is 0 Å². The van der Waals surface area contributed by atoms with Crippen LogP contribution in [0.3, 0.4) is 0 Å². The number of benzene rings is 2. The largest absolute Gasteiger partial charge is 0.508 e. The summed E-state index contributed by atoms with van der Waals surface area (Å²) < 4.78 is 5.14. The highest BCUT2D eigenvalue weighted by Crippen LogP contribution is 2.25. The van der Waals surface area contributed by atoms with E-state index in [9.17, 15) is 19.8 Å². The minimum atomic E-state index is -0.717. The number of hydrazine groups is 1. The van der Waals surface area contributed by atoms with E-state index in [1.54, 1.807) is 19.1 Å². The summed E-state index contributed by atoms with van der Waals surface area (Å²) in [7, 11) is 0. The number of hydrogen-bond donors (Lipinski definition) is 5. The molecule has 1 heterocycles. The smallest absolute Gasteiger partial charge is 0.273 e. The van der Waals surface area contributed by atoms with E-state index in [-0.39, 0.29) is 22.0 Å². The van der Waals surface area contributed by atoms with E-state index in [4.69, 9.17) is 16.7 Å². The second kappa shape index (κ2) is 8.40. The molecule has 10 heteroatoms. The fourth-order valence-corrected chi connectivity index (χ4v) is 2.67. The molecule has 3 aromatic rings. The van der Waals surface area contributed by atoms with Crippen LogP contribution >= 0.6 is 12.2 Å². The van der Waals surface area contributed by atoms with Gasteiger partial charge in [-0.3, -0.25) is 25.8 Å². The summed E-state index contributed by atoms with van der Waals surface area (Å²) in [5.74, 6) is -1.57. The average molecular weight is 412 g/mol. The Morgan fingerprint density at radius 1 is 1.03 bits per heavy atom. The number of amides is 2. The van der Waals surface area contributed by atoms with Crippen LogP contribution in [0.25, 0.3) is 11.3 Å². The highest BCUT2D eigenvalue weighted by molar-refractivity contribution is 7.80. The fraction of sp³-hybridized carbons (Fsp3) is 0.0526. The minimum Gasteiger partial charge on any atom is -0.508 e. The van der Waals surface area contributed by atoms with Gasteiger partial charge in [0.05, 0.1) is 5.56 Å². The highest BCUT2D eigenvalue weighted by atomic mass is 32.1. The molecule has 0 aliphatic heterocycles. The van der Waals surface area contributed by atoms with Gasteiger partial charge in [-0.25, -0.2) is 0 Å². The Balaban J connectivity index is 1.65. The molecule has 0 bridgehead atoms. The Kier molecular flexibility index (Phi) is 5.74. The molecule has 0 aliphatic carbocycles. The fourth-order valence-electron chi connectivity index (χ4n) is 2.52. The maximum Gasteiger partial charge on any atom is 0.273 e. The molecular weight excluding hydrogens is 396 g/mol. The maximum absolute atomic E-state index is 12.6. The van der Waals surface area contributed by atoms with Crippen molar-refractivity contribution in [2.45, 2.75) is 6.92 Å². The minimum absolute atomic E-state index is 0.0920.